The second-order valence-corrected chi connectivity index (χ2v) is 4.34. The first-order chi connectivity index (χ1) is 9.02. The third-order valence-electron chi connectivity index (χ3n) is 2.69. The van der Waals surface area contributed by atoms with Gasteiger partial charge in [0.15, 0.2) is 0 Å². The Hall–Kier alpha value is -2.27. The summed E-state index contributed by atoms with van der Waals surface area (Å²) in [6, 6.07) is 11.3. The SMILES string of the molecule is O=C(O)c1ccc(S)c(C(=O)O)c1-c1ccccc1. The molecule has 4 nitrogen and oxygen atoms in total. The number of thiol groups is 1. The molecule has 2 aromatic carbocycles. The van der Waals surface area contributed by atoms with E-state index in [4.69, 9.17) is 0 Å². The first-order valence-electron chi connectivity index (χ1n) is 5.40. The number of aromatic carboxylic acids is 2. The summed E-state index contributed by atoms with van der Waals surface area (Å²) in [5.74, 6) is -2.37. The van der Waals surface area contributed by atoms with Gasteiger partial charge in [0.1, 0.15) is 0 Å². The van der Waals surface area contributed by atoms with Gasteiger partial charge in [-0.05, 0) is 17.7 Å². The number of carbonyl (C=O) groups is 2. The van der Waals surface area contributed by atoms with Crippen LogP contribution in [-0.4, -0.2) is 22.2 Å². The van der Waals surface area contributed by atoms with Gasteiger partial charge in [0.05, 0.1) is 11.1 Å². The van der Waals surface area contributed by atoms with E-state index in [1.54, 1.807) is 30.3 Å². The average molecular weight is 274 g/mol. The fraction of sp³-hybridized carbons (Fsp3) is 0. The molecule has 96 valence electrons. The third-order valence-corrected chi connectivity index (χ3v) is 3.06. The summed E-state index contributed by atoms with van der Waals surface area (Å²) in [6.07, 6.45) is 0. The lowest BCUT2D eigenvalue weighted by Crippen LogP contribution is -2.08. The van der Waals surface area contributed by atoms with Crippen molar-refractivity contribution < 1.29 is 19.8 Å². The van der Waals surface area contributed by atoms with Crippen LogP contribution in [0.15, 0.2) is 47.4 Å². The second kappa shape index (κ2) is 5.16. The largest absolute Gasteiger partial charge is 0.478 e. The van der Waals surface area contributed by atoms with Crippen LogP contribution in [0.2, 0.25) is 0 Å². The van der Waals surface area contributed by atoms with Crippen LogP contribution in [0.4, 0.5) is 0 Å². The molecule has 0 aliphatic rings. The Bertz CT molecular complexity index is 650. The van der Waals surface area contributed by atoms with E-state index in [1.165, 1.54) is 12.1 Å². The quantitative estimate of drug-likeness (QED) is 0.752. The van der Waals surface area contributed by atoms with Crippen molar-refractivity contribution in [3.8, 4) is 11.1 Å². The Morgan fingerprint density at radius 1 is 0.895 bits per heavy atom. The predicted octanol–water partition coefficient (Wildman–Crippen LogP) is 3.04. The van der Waals surface area contributed by atoms with Gasteiger partial charge < -0.3 is 10.2 Å². The van der Waals surface area contributed by atoms with E-state index in [0.29, 0.717) is 5.56 Å². The van der Waals surface area contributed by atoms with E-state index in [2.05, 4.69) is 12.6 Å². The number of rotatable bonds is 3. The normalized spacial score (nSPS) is 10.2. The minimum Gasteiger partial charge on any atom is -0.478 e. The highest BCUT2D eigenvalue weighted by atomic mass is 32.1. The van der Waals surface area contributed by atoms with Crippen LogP contribution < -0.4 is 0 Å². The molecule has 0 aliphatic carbocycles. The second-order valence-electron chi connectivity index (χ2n) is 3.86. The van der Waals surface area contributed by atoms with Gasteiger partial charge in [0.2, 0.25) is 0 Å². The van der Waals surface area contributed by atoms with E-state index in [9.17, 15) is 19.8 Å². The van der Waals surface area contributed by atoms with Crippen molar-refractivity contribution in [2.45, 2.75) is 4.90 Å². The number of carboxylic acid groups (broad SMARTS) is 2. The number of hydrogen-bond donors (Lipinski definition) is 3. The number of hydrogen-bond acceptors (Lipinski definition) is 3. The molecule has 0 aliphatic heterocycles. The summed E-state index contributed by atoms with van der Waals surface area (Å²) in [6.45, 7) is 0. The number of carboxylic acids is 2. The van der Waals surface area contributed by atoms with Gasteiger partial charge in [-0.25, -0.2) is 9.59 Å². The maximum Gasteiger partial charge on any atom is 0.337 e. The summed E-state index contributed by atoms with van der Waals surface area (Å²) in [5.41, 5.74) is 0.553. The third kappa shape index (κ3) is 2.46. The van der Waals surface area contributed by atoms with Gasteiger partial charge in [0, 0.05) is 10.5 Å². The highest BCUT2D eigenvalue weighted by molar-refractivity contribution is 7.80. The zero-order chi connectivity index (χ0) is 14.0. The van der Waals surface area contributed by atoms with E-state index >= 15 is 0 Å². The summed E-state index contributed by atoms with van der Waals surface area (Å²) in [7, 11) is 0. The Labute approximate surface area is 114 Å². The molecule has 0 heterocycles. The molecule has 2 aromatic rings. The van der Waals surface area contributed by atoms with E-state index in [1.807, 2.05) is 0 Å². The molecule has 0 unspecified atom stereocenters. The van der Waals surface area contributed by atoms with Gasteiger partial charge in [-0.15, -0.1) is 12.6 Å². The van der Waals surface area contributed by atoms with Crippen molar-refractivity contribution in [2.75, 3.05) is 0 Å². The zero-order valence-corrected chi connectivity index (χ0v) is 10.6. The van der Waals surface area contributed by atoms with Crippen LogP contribution in [0.1, 0.15) is 20.7 Å². The molecule has 0 atom stereocenters. The molecule has 5 heteroatoms. The van der Waals surface area contributed by atoms with Crippen molar-refractivity contribution in [1.82, 2.24) is 0 Å². The van der Waals surface area contributed by atoms with Crippen LogP contribution in [0.5, 0.6) is 0 Å². The van der Waals surface area contributed by atoms with Crippen LogP contribution in [0.3, 0.4) is 0 Å². The molecule has 0 saturated heterocycles. The minimum absolute atomic E-state index is 0.0543. The summed E-state index contributed by atoms with van der Waals surface area (Å²) >= 11 is 4.10. The fourth-order valence-corrected chi connectivity index (χ4v) is 2.17. The van der Waals surface area contributed by atoms with Gasteiger partial charge in [-0.2, -0.15) is 0 Å². The molecule has 0 spiro atoms. The monoisotopic (exact) mass is 274 g/mol. The van der Waals surface area contributed by atoms with E-state index < -0.39 is 11.9 Å². The van der Waals surface area contributed by atoms with Crippen molar-refractivity contribution in [3.63, 3.8) is 0 Å². The van der Waals surface area contributed by atoms with E-state index in [0.717, 1.165) is 0 Å². The zero-order valence-electron chi connectivity index (χ0n) is 9.70. The predicted molar refractivity (Wildman–Crippen MR) is 73.0 cm³/mol. The molecule has 0 bridgehead atoms. The lowest BCUT2D eigenvalue weighted by atomic mass is 9.94. The maximum absolute atomic E-state index is 11.3. The fourth-order valence-electron chi connectivity index (χ4n) is 1.89. The standard InChI is InChI=1S/C14H10O4S/c15-13(16)9-6-7-10(19)12(14(17)18)11(9)8-4-2-1-3-5-8/h1-7,19H,(H,15,16)(H,17,18). The first kappa shape index (κ1) is 13.2. The molecule has 0 aromatic heterocycles. The summed E-state index contributed by atoms with van der Waals surface area (Å²) in [4.78, 5) is 22.8. The molecule has 0 saturated carbocycles. The van der Waals surface area contributed by atoms with Crippen LogP contribution in [-0.2, 0) is 0 Å². The number of benzene rings is 2. The minimum atomic E-state index is -1.20. The molecule has 2 rings (SSSR count). The molecule has 2 N–H and O–H groups in total. The highest BCUT2D eigenvalue weighted by Gasteiger charge is 2.22. The average Bonchev–Trinajstić information content (AvgIpc) is 2.38. The Morgan fingerprint density at radius 3 is 2.05 bits per heavy atom. The lowest BCUT2D eigenvalue weighted by Gasteiger charge is -2.12. The Balaban J connectivity index is 2.85. The summed E-state index contributed by atoms with van der Waals surface area (Å²) < 4.78 is 0. The molecule has 19 heavy (non-hydrogen) atoms. The van der Waals surface area contributed by atoms with Crippen molar-refractivity contribution >= 4 is 24.6 Å². The van der Waals surface area contributed by atoms with Gasteiger partial charge in [-0.1, -0.05) is 30.3 Å². The molecular weight excluding hydrogens is 264 g/mol. The van der Waals surface area contributed by atoms with E-state index in [-0.39, 0.29) is 21.6 Å². The Morgan fingerprint density at radius 2 is 1.53 bits per heavy atom. The van der Waals surface area contributed by atoms with Gasteiger partial charge >= 0.3 is 11.9 Å². The molecule has 0 amide bonds. The Kier molecular flexibility index (Phi) is 3.57. The first-order valence-corrected chi connectivity index (χ1v) is 5.85. The van der Waals surface area contributed by atoms with Crippen LogP contribution in [0, 0.1) is 0 Å². The summed E-state index contributed by atoms with van der Waals surface area (Å²) in [5, 5.41) is 18.5. The molecular formula is C14H10O4S. The van der Waals surface area contributed by atoms with Crippen molar-refractivity contribution in [3.05, 3.63) is 53.6 Å². The van der Waals surface area contributed by atoms with Crippen molar-refractivity contribution in [2.24, 2.45) is 0 Å². The van der Waals surface area contributed by atoms with Gasteiger partial charge in [-0.3, -0.25) is 0 Å². The van der Waals surface area contributed by atoms with Gasteiger partial charge in [0.25, 0.3) is 0 Å². The molecule has 0 fully saturated rings. The lowest BCUT2D eigenvalue weighted by molar-refractivity contribution is 0.0693. The maximum atomic E-state index is 11.3. The highest BCUT2D eigenvalue weighted by Crippen LogP contribution is 2.32. The van der Waals surface area contributed by atoms with Crippen LogP contribution >= 0.6 is 12.6 Å². The molecule has 0 radical (unpaired) electrons. The van der Waals surface area contributed by atoms with Crippen LogP contribution in [0.25, 0.3) is 11.1 Å². The van der Waals surface area contributed by atoms with Crippen molar-refractivity contribution in [1.29, 1.82) is 0 Å². The topological polar surface area (TPSA) is 74.6 Å². The smallest absolute Gasteiger partial charge is 0.337 e.